The Bertz CT molecular complexity index is 191. The van der Waals surface area contributed by atoms with Crippen molar-refractivity contribution in [1.82, 2.24) is 10.6 Å². The summed E-state index contributed by atoms with van der Waals surface area (Å²) >= 11 is 0. The van der Waals surface area contributed by atoms with Crippen LogP contribution in [0.25, 0.3) is 0 Å². The maximum absolute atomic E-state index is 11.0. The molecule has 62 valence electrons. The molecule has 1 aliphatic rings. The molecule has 4 nitrogen and oxygen atoms in total. The third kappa shape index (κ3) is 1.93. The Balaban J connectivity index is 2.47. The van der Waals surface area contributed by atoms with Gasteiger partial charge in [-0.15, -0.1) is 0 Å². The molecule has 2 unspecified atom stereocenters. The van der Waals surface area contributed by atoms with Crippen LogP contribution in [0.4, 0.5) is 0 Å². The molecule has 0 aliphatic carbocycles. The summed E-state index contributed by atoms with van der Waals surface area (Å²) in [6, 6.07) is -0.137. The molecule has 0 saturated carbocycles. The molecule has 0 aromatic heterocycles. The Hall–Kier alpha value is -1.06. The third-order valence-electron chi connectivity index (χ3n) is 1.67. The van der Waals surface area contributed by atoms with Crippen molar-refractivity contribution in [1.29, 1.82) is 0 Å². The number of carbonyl (C=O) groups excluding carboxylic acids is 2. The van der Waals surface area contributed by atoms with Gasteiger partial charge in [0.1, 0.15) is 6.04 Å². The normalized spacial score (nSPS) is 29.8. The first kappa shape index (κ1) is 8.04. The van der Waals surface area contributed by atoms with Crippen molar-refractivity contribution < 1.29 is 9.59 Å². The predicted molar refractivity (Wildman–Crippen MR) is 39.8 cm³/mol. The molecule has 1 saturated heterocycles. The molecule has 11 heavy (non-hydrogen) atoms. The van der Waals surface area contributed by atoms with Crippen LogP contribution in [0.1, 0.15) is 20.3 Å². The van der Waals surface area contributed by atoms with E-state index in [1.54, 1.807) is 0 Å². The molecule has 1 rings (SSSR count). The Morgan fingerprint density at radius 3 is 2.73 bits per heavy atom. The summed E-state index contributed by atoms with van der Waals surface area (Å²) < 4.78 is 0. The Morgan fingerprint density at radius 2 is 2.36 bits per heavy atom. The summed E-state index contributed by atoms with van der Waals surface area (Å²) in [6.45, 7) is 3.33. The second-order valence-corrected chi connectivity index (χ2v) is 2.90. The van der Waals surface area contributed by atoms with Crippen LogP contribution >= 0.6 is 0 Å². The van der Waals surface area contributed by atoms with Crippen molar-refractivity contribution in [2.24, 2.45) is 0 Å². The van der Waals surface area contributed by atoms with E-state index < -0.39 is 0 Å². The van der Waals surface area contributed by atoms with E-state index in [4.69, 9.17) is 0 Å². The van der Waals surface area contributed by atoms with Gasteiger partial charge in [0.25, 0.3) is 0 Å². The quantitative estimate of drug-likeness (QED) is 0.532. The largest absolute Gasteiger partial charge is 0.352 e. The molecule has 1 heterocycles. The zero-order valence-electron chi connectivity index (χ0n) is 6.68. The fourth-order valence-electron chi connectivity index (χ4n) is 1.23. The van der Waals surface area contributed by atoms with Gasteiger partial charge in [-0.25, -0.2) is 0 Å². The van der Waals surface area contributed by atoms with Crippen LogP contribution in [0.5, 0.6) is 0 Å². The number of nitrogens with one attached hydrogen (secondary N) is 2. The standard InChI is InChI=1S/C7H12N2O2/c1-4-3-6(7(11)8-4)9-5(2)10/h4,6H,3H2,1-2H3,(H,8,11)(H,9,10). The van der Waals surface area contributed by atoms with Gasteiger partial charge in [-0.1, -0.05) is 0 Å². The van der Waals surface area contributed by atoms with Gasteiger partial charge in [-0.2, -0.15) is 0 Å². The Kier molecular flexibility index (Phi) is 2.12. The van der Waals surface area contributed by atoms with Crippen molar-refractivity contribution in [2.45, 2.75) is 32.4 Å². The van der Waals surface area contributed by atoms with E-state index in [-0.39, 0.29) is 23.9 Å². The molecule has 0 aromatic carbocycles. The van der Waals surface area contributed by atoms with Gasteiger partial charge in [0.05, 0.1) is 0 Å². The van der Waals surface area contributed by atoms with Crippen molar-refractivity contribution in [3.8, 4) is 0 Å². The molecular weight excluding hydrogens is 144 g/mol. The highest BCUT2D eigenvalue weighted by molar-refractivity contribution is 5.88. The average Bonchev–Trinajstić information content (AvgIpc) is 2.09. The van der Waals surface area contributed by atoms with Gasteiger partial charge in [-0.05, 0) is 13.3 Å². The number of hydrogen-bond acceptors (Lipinski definition) is 2. The van der Waals surface area contributed by atoms with E-state index in [0.29, 0.717) is 6.42 Å². The molecule has 2 atom stereocenters. The van der Waals surface area contributed by atoms with Gasteiger partial charge < -0.3 is 10.6 Å². The lowest BCUT2D eigenvalue weighted by molar-refractivity contribution is -0.126. The van der Waals surface area contributed by atoms with Gasteiger partial charge in [0.2, 0.25) is 11.8 Å². The van der Waals surface area contributed by atoms with Crippen molar-refractivity contribution >= 4 is 11.8 Å². The fraction of sp³-hybridized carbons (Fsp3) is 0.714. The lowest BCUT2D eigenvalue weighted by atomic mass is 10.2. The smallest absolute Gasteiger partial charge is 0.242 e. The Morgan fingerprint density at radius 1 is 1.73 bits per heavy atom. The van der Waals surface area contributed by atoms with E-state index in [2.05, 4.69) is 10.6 Å². The average molecular weight is 156 g/mol. The molecule has 2 N–H and O–H groups in total. The van der Waals surface area contributed by atoms with Crippen LogP contribution in [-0.4, -0.2) is 23.9 Å². The molecule has 1 aliphatic heterocycles. The van der Waals surface area contributed by atoms with Crippen LogP contribution in [0, 0.1) is 0 Å². The van der Waals surface area contributed by atoms with E-state index in [1.807, 2.05) is 6.92 Å². The predicted octanol–water partition coefficient (Wildman–Crippen LogP) is -0.601. The first-order chi connectivity index (χ1) is 5.09. The summed E-state index contributed by atoms with van der Waals surface area (Å²) in [5, 5.41) is 5.29. The van der Waals surface area contributed by atoms with E-state index in [0.717, 1.165) is 0 Å². The fourth-order valence-corrected chi connectivity index (χ4v) is 1.23. The third-order valence-corrected chi connectivity index (χ3v) is 1.67. The molecule has 2 amide bonds. The van der Waals surface area contributed by atoms with Gasteiger partial charge in [0, 0.05) is 13.0 Å². The van der Waals surface area contributed by atoms with Crippen LogP contribution < -0.4 is 10.6 Å². The topological polar surface area (TPSA) is 58.2 Å². The minimum atomic E-state index is -0.317. The molecule has 4 heteroatoms. The molecule has 0 aromatic rings. The van der Waals surface area contributed by atoms with Crippen molar-refractivity contribution in [2.75, 3.05) is 0 Å². The molecule has 0 bridgehead atoms. The highest BCUT2D eigenvalue weighted by atomic mass is 16.2. The minimum absolute atomic E-state index is 0.0762. The van der Waals surface area contributed by atoms with Crippen LogP contribution in [0.2, 0.25) is 0 Å². The lowest BCUT2D eigenvalue weighted by Crippen LogP contribution is -2.38. The molecular formula is C7H12N2O2. The van der Waals surface area contributed by atoms with Crippen LogP contribution in [0.3, 0.4) is 0 Å². The summed E-state index contributed by atoms with van der Waals surface area (Å²) in [4.78, 5) is 21.6. The van der Waals surface area contributed by atoms with E-state index in [9.17, 15) is 9.59 Å². The molecule has 1 fully saturated rings. The summed E-state index contributed by atoms with van der Waals surface area (Å²) in [5.41, 5.74) is 0. The van der Waals surface area contributed by atoms with Crippen LogP contribution in [0.15, 0.2) is 0 Å². The lowest BCUT2D eigenvalue weighted by Gasteiger charge is -2.05. The molecule has 0 radical (unpaired) electrons. The van der Waals surface area contributed by atoms with Gasteiger partial charge in [0.15, 0.2) is 0 Å². The highest BCUT2D eigenvalue weighted by Gasteiger charge is 2.29. The summed E-state index contributed by atoms with van der Waals surface area (Å²) in [7, 11) is 0. The van der Waals surface area contributed by atoms with Crippen molar-refractivity contribution in [3.63, 3.8) is 0 Å². The first-order valence-corrected chi connectivity index (χ1v) is 3.67. The number of amides is 2. The van der Waals surface area contributed by atoms with E-state index >= 15 is 0 Å². The Labute approximate surface area is 65.3 Å². The zero-order chi connectivity index (χ0) is 8.43. The highest BCUT2D eigenvalue weighted by Crippen LogP contribution is 2.06. The SMILES string of the molecule is CC(=O)NC1CC(C)NC1=O. The number of rotatable bonds is 1. The number of carbonyl (C=O) groups is 2. The second-order valence-electron chi connectivity index (χ2n) is 2.90. The first-order valence-electron chi connectivity index (χ1n) is 3.67. The molecule has 0 spiro atoms. The maximum Gasteiger partial charge on any atom is 0.242 e. The minimum Gasteiger partial charge on any atom is -0.352 e. The van der Waals surface area contributed by atoms with E-state index in [1.165, 1.54) is 6.92 Å². The second kappa shape index (κ2) is 2.90. The summed E-state index contributed by atoms with van der Waals surface area (Å²) in [6.07, 6.45) is 0.693. The monoisotopic (exact) mass is 156 g/mol. The van der Waals surface area contributed by atoms with Gasteiger partial charge in [-0.3, -0.25) is 9.59 Å². The maximum atomic E-state index is 11.0. The van der Waals surface area contributed by atoms with Gasteiger partial charge >= 0.3 is 0 Å². The van der Waals surface area contributed by atoms with Crippen molar-refractivity contribution in [3.05, 3.63) is 0 Å². The number of hydrogen-bond donors (Lipinski definition) is 2. The summed E-state index contributed by atoms with van der Waals surface area (Å²) in [5.74, 6) is -0.230. The van der Waals surface area contributed by atoms with Crippen LogP contribution in [-0.2, 0) is 9.59 Å². The zero-order valence-corrected chi connectivity index (χ0v) is 6.68.